The number of benzene rings is 3. The second-order valence-corrected chi connectivity index (χ2v) is 9.48. The van der Waals surface area contributed by atoms with E-state index in [0.29, 0.717) is 29.1 Å². The van der Waals surface area contributed by atoms with Crippen molar-refractivity contribution in [2.45, 2.75) is 17.4 Å². The molecule has 0 bridgehead atoms. The summed E-state index contributed by atoms with van der Waals surface area (Å²) in [6, 6.07) is 27.4. The number of hydrazone groups is 1. The van der Waals surface area contributed by atoms with Crippen molar-refractivity contribution in [2.24, 2.45) is 5.10 Å². The van der Waals surface area contributed by atoms with Crippen LogP contribution in [0.5, 0.6) is 0 Å². The van der Waals surface area contributed by atoms with Gasteiger partial charge in [-0.1, -0.05) is 48.5 Å². The molecule has 1 aliphatic heterocycles. The Balaban J connectivity index is 1.40. The summed E-state index contributed by atoms with van der Waals surface area (Å²) in [5, 5.41) is 6.08. The van der Waals surface area contributed by atoms with Crippen LogP contribution in [0.1, 0.15) is 34.1 Å². The normalized spacial score (nSPS) is 15.7. The summed E-state index contributed by atoms with van der Waals surface area (Å²) in [5.74, 6) is 0.430. The van der Waals surface area contributed by atoms with Crippen LogP contribution in [0.3, 0.4) is 0 Å². The van der Waals surface area contributed by atoms with Crippen molar-refractivity contribution in [1.29, 1.82) is 0 Å². The first-order valence-corrected chi connectivity index (χ1v) is 12.2. The van der Waals surface area contributed by atoms with Crippen molar-refractivity contribution in [3.63, 3.8) is 0 Å². The molecule has 7 nitrogen and oxygen atoms in total. The molecule has 0 fully saturated rings. The highest BCUT2D eigenvalue weighted by molar-refractivity contribution is 7.92. The van der Waals surface area contributed by atoms with Gasteiger partial charge in [-0.15, -0.1) is 0 Å². The molecule has 4 aromatic rings. The molecule has 1 aliphatic rings. The molecule has 2 heterocycles. The van der Waals surface area contributed by atoms with Gasteiger partial charge in [0.25, 0.3) is 15.9 Å². The van der Waals surface area contributed by atoms with Gasteiger partial charge in [0, 0.05) is 17.7 Å². The van der Waals surface area contributed by atoms with E-state index in [1.807, 2.05) is 24.3 Å². The number of amides is 1. The van der Waals surface area contributed by atoms with Crippen molar-refractivity contribution < 1.29 is 17.6 Å². The van der Waals surface area contributed by atoms with E-state index in [1.54, 1.807) is 66.9 Å². The summed E-state index contributed by atoms with van der Waals surface area (Å²) in [6.45, 7) is 0. The van der Waals surface area contributed by atoms with E-state index < -0.39 is 10.0 Å². The first-order valence-electron chi connectivity index (χ1n) is 10.7. The number of carbonyl (C=O) groups excluding carboxylic acids is 1. The van der Waals surface area contributed by atoms with Gasteiger partial charge in [0.05, 0.1) is 16.9 Å². The van der Waals surface area contributed by atoms with Crippen LogP contribution in [0.2, 0.25) is 0 Å². The molecule has 5 rings (SSSR count). The highest BCUT2D eigenvalue weighted by Gasteiger charge is 2.35. The maximum absolute atomic E-state index is 13.2. The maximum Gasteiger partial charge on any atom is 0.274 e. The Hall–Kier alpha value is -4.17. The van der Waals surface area contributed by atoms with Crippen molar-refractivity contribution in [1.82, 2.24) is 5.01 Å². The lowest BCUT2D eigenvalue weighted by Gasteiger charge is -2.19. The van der Waals surface area contributed by atoms with Crippen LogP contribution in [0.4, 0.5) is 5.69 Å². The van der Waals surface area contributed by atoms with Gasteiger partial charge < -0.3 is 4.42 Å². The summed E-state index contributed by atoms with van der Waals surface area (Å²) in [7, 11) is -3.68. The van der Waals surface area contributed by atoms with Crippen LogP contribution >= 0.6 is 0 Å². The van der Waals surface area contributed by atoms with Crippen LogP contribution in [-0.2, 0) is 10.0 Å². The number of anilines is 1. The zero-order chi connectivity index (χ0) is 23.5. The maximum atomic E-state index is 13.2. The SMILES string of the molecule is O=C(c1ccccc1)N1N=C(c2ccc(NS(=O)(=O)c3ccccc3)cc2)CC1c1ccco1. The molecule has 1 unspecified atom stereocenters. The number of sulfonamides is 1. The topological polar surface area (TPSA) is 92.0 Å². The summed E-state index contributed by atoms with van der Waals surface area (Å²) in [5.41, 5.74) is 2.48. The van der Waals surface area contributed by atoms with E-state index in [0.717, 1.165) is 5.56 Å². The van der Waals surface area contributed by atoms with Gasteiger partial charge in [0.1, 0.15) is 11.8 Å². The fourth-order valence-electron chi connectivity index (χ4n) is 3.83. The molecule has 0 saturated carbocycles. The van der Waals surface area contributed by atoms with E-state index in [1.165, 1.54) is 17.1 Å². The minimum Gasteiger partial charge on any atom is -0.467 e. The highest BCUT2D eigenvalue weighted by Crippen LogP contribution is 2.34. The Labute approximate surface area is 197 Å². The molecule has 1 aromatic heterocycles. The van der Waals surface area contributed by atoms with Gasteiger partial charge in [0.2, 0.25) is 0 Å². The standard InChI is InChI=1S/C26H21N3O4S/c30-26(20-8-3-1-4-9-20)29-24(25-12-7-17-33-25)18-23(27-29)19-13-15-21(16-14-19)28-34(31,32)22-10-5-2-6-11-22/h1-17,24,28H,18H2. The average molecular weight is 472 g/mol. The highest BCUT2D eigenvalue weighted by atomic mass is 32.2. The molecule has 1 amide bonds. The van der Waals surface area contributed by atoms with Gasteiger partial charge in [-0.3, -0.25) is 9.52 Å². The van der Waals surface area contributed by atoms with Crippen LogP contribution in [-0.4, -0.2) is 25.0 Å². The van der Waals surface area contributed by atoms with Gasteiger partial charge in [0.15, 0.2) is 0 Å². The van der Waals surface area contributed by atoms with E-state index in [2.05, 4.69) is 9.82 Å². The zero-order valence-electron chi connectivity index (χ0n) is 18.0. The number of rotatable bonds is 6. The molecule has 0 saturated heterocycles. The van der Waals surface area contributed by atoms with Crippen molar-refractivity contribution in [3.05, 3.63) is 120 Å². The fraction of sp³-hybridized carbons (Fsp3) is 0.0769. The lowest BCUT2D eigenvalue weighted by Crippen LogP contribution is -2.26. The largest absolute Gasteiger partial charge is 0.467 e. The molecule has 1 atom stereocenters. The van der Waals surface area contributed by atoms with Crippen LogP contribution in [0.15, 0.2) is 118 Å². The van der Waals surface area contributed by atoms with Gasteiger partial charge in [-0.2, -0.15) is 5.10 Å². The number of nitrogens with one attached hydrogen (secondary N) is 1. The Bertz CT molecular complexity index is 1420. The van der Waals surface area contributed by atoms with Crippen molar-refractivity contribution in [3.8, 4) is 0 Å². The van der Waals surface area contributed by atoms with Gasteiger partial charge in [-0.05, 0) is 54.1 Å². The fourth-order valence-corrected chi connectivity index (χ4v) is 4.91. The third-order valence-corrected chi connectivity index (χ3v) is 6.93. The van der Waals surface area contributed by atoms with Crippen molar-refractivity contribution in [2.75, 3.05) is 4.72 Å². The minimum absolute atomic E-state index is 0.190. The van der Waals surface area contributed by atoms with Crippen LogP contribution in [0.25, 0.3) is 0 Å². The smallest absolute Gasteiger partial charge is 0.274 e. The van der Waals surface area contributed by atoms with E-state index in [-0.39, 0.29) is 16.8 Å². The quantitative estimate of drug-likeness (QED) is 0.425. The van der Waals surface area contributed by atoms with E-state index in [4.69, 9.17) is 4.42 Å². The molecule has 1 N–H and O–H groups in total. The molecular formula is C26H21N3O4S. The third-order valence-electron chi connectivity index (χ3n) is 5.53. The molecule has 0 aliphatic carbocycles. The first kappa shape index (κ1) is 21.7. The van der Waals surface area contributed by atoms with Gasteiger partial charge >= 0.3 is 0 Å². The summed E-state index contributed by atoms with van der Waals surface area (Å²) in [6.07, 6.45) is 2.05. The summed E-state index contributed by atoms with van der Waals surface area (Å²) in [4.78, 5) is 13.4. The summed E-state index contributed by atoms with van der Waals surface area (Å²) >= 11 is 0. The molecular weight excluding hydrogens is 450 g/mol. The average Bonchev–Trinajstić information content (AvgIpc) is 3.55. The Morgan fingerprint density at radius 2 is 1.56 bits per heavy atom. The van der Waals surface area contributed by atoms with Crippen LogP contribution in [0, 0.1) is 0 Å². The predicted molar refractivity (Wildman–Crippen MR) is 129 cm³/mol. The number of hydrogen-bond acceptors (Lipinski definition) is 5. The van der Waals surface area contributed by atoms with Gasteiger partial charge in [-0.25, -0.2) is 13.4 Å². The Kier molecular flexibility index (Phi) is 5.73. The van der Waals surface area contributed by atoms with Crippen molar-refractivity contribution >= 4 is 27.3 Å². The number of carbonyl (C=O) groups is 1. The second-order valence-electron chi connectivity index (χ2n) is 7.79. The summed E-state index contributed by atoms with van der Waals surface area (Å²) < 4.78 is 33.3. The molecule has 170 valence electrons. The van der Waals surface area contributed by atoms with E-state index >= 15 is 0 Å². The van der Waals surface area contributed by atoms with E-state index in [9.17, 15) is 13.2 Å². The molecule has 8 heteroatoms. The predicted octanol–water partition coefficient (Wildman–Crippen LogP) is 5.07. The molecule has 0 radical (unpaired) electrons. The number of nitrogens with zero attached hydrogens (tertiary/aromatic N) is 2. The third kappa shape index (κ3) is 4.35. The molecule has 34 heavy (non-hydrogen) atoms. The lowest BCUT2D eigenvalue weighted by molar-refractivity contribution is 0.0693. The molecule has 3 aromatic carbocycles. The minimum atomic E-state index is -3.68. The molecule has 0 spiro atoms. The lowest BCUT2D eigenvalue weighted by atomic mass is 10.0. The Morgan fingerprint density at radius 3 is 2.21 bits per heavy atom. The zero-order valence-corrected chi connectivity index (χ0v) is 18.9. The first-order chi connectivity index (χ1) is 16.5. The second kappa shape index (κ2) is 8.99. The number of furan rings is 1. The Morgan fingerprint density at radius 1 is 0.882 bits per heavy atom. The monoisotopic (exact) mass is 471 g/mol. The van der Waals surface area contributed by atoms with Crippen LogP contribution < -0.4 is 4.72 Å². The number of hydrogen-bond donors (Lipinski definition) is 1.